The van der Waals surface area contributed by atoms with E-state index in [4.69, 9.17) is 4.42 Å². The molecule has 0 aliphatic rings. The summed E-state index contributed by atoms with van der Waals surface area (Å²) in [5, 5.41) is 0. The van der Waals surface area contributed by atoms with E-state index in [1.165, 1.54) is 11.1 Å². The Bertz CT molecular complexity index is 638. The van der Waals surface area contributed by atoms with Gasteiger partial charge in [-0.3, -0.25) is 0 Å². The molecule has 1 heterocycles. The summed E-state index contributed by atoms with van der Waals surface area (Å²) in [5.74, 6) is 0.992. The number of hydrogen-bond donors (Lipinski definition) is 0. The molecular weight excluding hydrogens is 287 g/mol. The molecule has 0 aliphatic heterocycles. The molecule has 3 aromatic rings. The van der Waals surface area contributed by atoms with Crippen LogP contribution in [0.15, 0.2) is 64.0 Å². The van der Waals surface area contributed by atoms with Crippen LogP contribution in [-0.2, 0) is 0 Å². The fourth-order valence-corrected chi connectivity index (χ4v) is 3.50. The Morgan fingerprint density at radius 1 is 0.833 bits per heavy atom. The van der Waals surface area contributed by atoms with E-state index < -0.39 is 0 Å². The van der Waals surface area contributed by atoms with Crippen LogP contribution in [0.5, 0.6) is 0 Å². The molecule has 88 valence electrons. The second-order valence-corrected chi connectivity index (χ2v) is 5.99. The standard InChI is InChI=1S/C16H13OSe/c1-12-7-9-14(10-8-12)16-17-15(11-18-16)13-5-3-2-4-6-13/h2-11H,1H3/q+1. The van der Waals surface area contributed by atoms with Gasteiger partial charge in [0.25, 0.3) is 0 Å². The SMILES string of the molecule is Cc1ccc(-c2[o+]c(-c3ccccc3)c[se]2)cc1. The Morgan fingerprint density at radius 3 is 2.28 bits per heavy atom. The zero-order chi connectivity index (χ0) is 12.4. The summed E-state index contributed by atoms with van der Waals surface area (Å²) in [6.07, 6.45) is 0. The molecule has 0 aliphatic carbocycles. The molecule has 0 radical (unpaired) electrons. The molecule has 0 saturated heterocycles. The second kappa shape index (κ2) is 4.93. The summed E-state index contributed by atoms with van der Waals surface area (Å²) in [6, 6.07) is 18.8. The predicted molar refractivity (Wildman–Crippen MR) is 75.7 cm³/mol. The fraction of sp³-hybridized carbons (Fsp3) is 0.0625. The minimum absolute atomic E-state index is 0.292. The van der Waals surface area contributed by atoms with Crippen molar-refractivity contribution in [3.05, 3.63) is 65.1 Å². The zero-order valence-corrected chi connectivity index (χ0v) is 11.8. The van der Waals surface area contributed by atoms with E-state index in [1.54, 1.807) is 0 Å². The fourth-order valence-electron chi connectivity index (χ4n) is 1.80. The molecule has 0 atom stereocenters. The van der Waals surface area contributed by atoms with Crippen molar-refractivity contribution in [2.45, 2.75) is 6.92 Å². The quantitative estimate of drug-likeness (QED) is 0.508. The first-order chi connectivity index (χ1) is 8.83. The number of benzene rings is 2. The first-order valence-corrected chi connectivity index (χ1v) is 7.71. The Labute approximate surface area is 112 Å². The molecule has 0 spiro atoms. The number of hydrogen-bond acceptors (Lipinski definition) is 0. The van der Waals surface area contributed by atoms with Gasteiger partial charge in [0.2, 0.25) is 0 Å². The summed E-state index contributed by atoms with van der Waals surface area (Å²) in [6.45, 7) is 2.10. The first-order valence-electron chi connectivity index (χ1n) is 5.87. The third-order valence-electron chi connectivity index (χ3n) is 2.82. The van der Waals surface area contributed by atoms with Crippen molar-refractivity contribution in [3.63, 3.8) is 0 Å². The van der Waals surface area contributed by atoms with Gasteiger partial charge in [0.15, 0.2) is 0 Å². The van der Waals surface area contributed by atoms with Gasteiger partial charge in [0, 0.05) is 0 Å². The molecule has 0 N–H and O–H groups in total. The molecule has 0 amide bonds. The van der Waals surface area contributed by atoms with E-state index in [2.05, 4.69) is 48.3 Å². The molecular formula is C16H13OSe+. The van der Waals surface area contributed by atoms with E-state index in [-0.39, 0.29) is 0 Å². The summed E-state index contributed by atoms with van der Waals surface area (Å²) >= 11 is 0.292. The average molecular weight is 300 g/mol. The molecule has 18 heavy (non-hydrogen) atoms. The van der Waals surface area contributed by atoms with Gasteiger partial charge >= 0.3 is 112 Å². The predicted octanol–water partition coefficient (Wildman–Crippen LogP) is 4.26. The third-order valence-corrected chi connectivity index (χ3v) is 4.64. The molecule has 2 aromatic carbocycles. The van der Waals surface area contributed by atoms with Gasteiger partial charge in [-0.15, -0.1) is 0 Å². The normalized spacial score (nSPS) is 10.5. The van der Waals surface area contributed by atoms with Crippen LogP contribution in [0.1, 0.15) is 5.56 Å². The summed E-state index contributed by atoms with van der Waals surface area (Å²) in [4.78, 5) is 2.21. The van der Waals surface area contributed by atoms with Crippen LogP contribution in [-0.4, -0.2) is 14.5 Å². The van der Waals surface area contributed by atoms with E-state index in [0.29, 0.717) is 14.5 Å². The topological polar surface area (TPSA) is 11.3 Å². The van der Waals surface area contributed by atoms with Crippen molar-refractivity contribution >= 4 is 14.5 Å². The zero-order valence-electron chi connectivity index (χ0n) is 10.1. The molecule has 1 nitrogen and oxygen atoms in total. The summed E-state index contributed by atoms with van der Waals surface area (Å²) in [5.41, 5.74) is 3.63. The molecule has 2 heteroatoms. The van der Waals surface area contributed by atoms with Crippen molar-refractivity contribution in [3.8, 4) is 21.5 Å². The van der Waals surface area contributed by atoms with Gasteiger partial charge in [-0.1, -0.05) is 0 Å². The van der Waals surface area contributed by atoms with Crippen molar-refractivity contribution in [1.29, 1.82) is 0 Å². The monoisotopic (exact) mass is 301 g/mol. The average Bonchev–Trinajstić information content (AvgIpc) is 2.90. The van der Waals surface area contributed by atoms with Gasteiger partial charge < -0.3 is 0 Å². The van der Waals surface area contributed by atoms with Crippen LogP contribution in [0.3, 0.4) is 0 Å². The molecule has 0 unspecified atom stereocenters. The third kappa shape index (κ3) is 2.31. The Morgan fingerprint density at radius 2 is 1.56 bits per heavy atom. The number of rotatable bonds is 2. The maximum absolute atomic E-state index is 5.98. The summed E-state index contributed by atoms with van der Waals surface area (Å²) < 4.78 is 7.08. The van der Waals surface area contributed by atoms with Crippen molar-refractivity contribution < 1.29 is 4.42 Å². The Balaban J connectivity index is 1.97. The molecule has 0 saturated carbocycles. The van der Waals surface area contributed by atoms with E-state index in [0.717, 1.165) is 16.0 Å². The van der Waals surface area contributed by atoms with Gasteiger partial charge in [0.05, 0.1) is 0 Å². The van der Waals surface area contributed by atoms with Crippen LogP contribution in [0.25, 0.3) is 21.5 Å². The van der Waals surface area contributed by atoms with Crippen LogP contribution in [0.4, 0.5) is 0 Å². The van der Waals surface area contributed by atoms with E-state index >= 15 is 0 Å². The number of aryl methyl sites for hydroxylation is 1. The van der Waals surface area contributed by atoms with E-state index in [1.807, 2.05) is 18.2 Å². The summed E-state index contributed by atoms with van der Waals surface area (Å²) in [7, 11) is 0. The Hall–Kier alpha value is -1.63. The van der Waals surface area contributed by atoms with E-state index in [9.17, 15) is 0 Å². The molecule has 0 bridgehead atoms. The van der Waals surface area contributed by atoms with Crippen LogP contribution in [0.2, 0.25) is 0 Å². The van der Waals surface area contributed by atoms with Crippen molar-refractivity contribution in [1.82, 2.24) is 0 Å². The van der Waals surface area contributed by atoms with Gasteiger partial charge in [-0.05, 0) is 0 Å². The van der Waals surface area contributed by atoms with Crippen molar-refractivity contribution in [2.75, 3.05) is 0 Å². The van der Waals surface area contributed by atoms with Crippen LogP contribution in [0, 0.1) is 6.92 Å². The van der Waals surface area contributed by atoms with Gasteiger partial charge in [0.1, 0.15) is 0 Å². The van der Waals surface area contributed by atoms with Crippen LogP contribution >= 0.6 is 0 Å². The molecule has 3 rings (SSSR count). The minimum atomic E-state index is 0.292. The molecule has 0 fully saturated rings. The van der Waals surface area contributed by atoms with Crippen molar-refractivity contribution in [2.24, 2.45) is 0 Å². The van der Waals surface area contributed by atoms with Gasteiger partial charge in [-0.2, -0.15) is 0 Å². The Kier molecular flexibility index (Phi) is 3.14. The van der Waals surface area contributed by atoms with Gasteiger partial charge in [-0.25, -0.2) is 0 Å². The maximum atomic E-state index is 5.98. The van der Waals surface area contributed by atoms with Crippen LogP contribution < -0.4 is 0 Å². The first kappa shape index (κ1) is 11.5. The molecule has 1 aromatic heterocycles. The second-order valence-electron chi connectivity index (χ2n) is 4.22.